The lowest BCUT2D eigenvalue weighted by Crippen LogP contribution is -2.38. The number of nitrogens with zero attached hydrogens (tertiary/aromatic N) is 2. The molecule has 1 aromatic rings. The van der Waals surface area contributed by atoms with Crippen molar-refractivity contribution in [1.82, 2.24) is 15.2 Å². The molecule has 3 nitrogen and oxygen atoms in total. The van der Waals surface area contributed by atoms with Gasteiger partial charge < -0.3 is 5.32 Å². The highest BCUT2D eigenvalue weighted by atomic mass is 15.1. The normalized spacial score (nSPS) is 13.2. The molecule has 108 valence electrons. The first kappa shape index (κ1) is 16.1. The van der Waals surface area contributed by atoms with Crippen molar-refractivity contribution < 1.29 is 0 Å². The summed E-state index contributed by atoms with van der Waals surface area (Å²) in [5, 5.41) is 3.58. The van der Waals surface area contributed by atoms with Gasteiger partial charge in [0.2, 0.25) is 0 Å². The molecule has 0 aliphatic rings. The Bertz CT molecular complexity index is 363. The van der Waals surface area contributed by atoms with Crippen molar-refractivity contribution in [3.8, 4) is 0 Å². The van der Waals surface area contributed by atoms with Gasteiger partial charge >= 0.3 is 0 Å². The van der Waals surface area contributed by atoms with Crippen LogP contribution in [0.2, 0.25) is 0 Å². The minimum absolute atomic E-state index is 0.579. The van der Waals surface area contributed by atoms with E-state index in [-0.39, 0.29) is 0 Å². The van der Waals surface area contributed by atoms with Crippen molar-refractivity contribution in [1.29, 1.82) is 0 Å². The van der Waals surface area contributed by atoms with Crippen molar-refractivity contribution in [2.24, 2.45) is 5.92 Å². The molecule has 0 aromatic carbocycles. The lowest BCUT2D eigenvalue weighted by molar-refractivity contribution is 0.266. The Balaban J connectivity index is 2.37. The maximum Gasteiger partial charge on any atom is 0.0547 e. The van der Waals surface area contributed by atoms with Gasteiger partial charge in [-0.15, -0.1) is 0 Å². The molecule has 0 aliphatic carbocycles. The molecular formula is C16H29N3. The largest absolute Gasteiger partial charge is 0.313 e. The minimum atomic E-state index is 0.579. The fourth-order valence-corrected chi connectivity index (χ4v) is 1.95. The lowest BCUT2D eigenvalue weighted by Gasteiger charge is -2.23. The Morgan fingerprint density at radius 1 is 1.26 bits per heavy atom. The Labute approximate surface area is 118 Å². The van der Waals surface area contributed by atoms with Gasteiger partial charge in [0, 0.05) is 31.4 Å². The summed E-state index contributed by atoms with van der Waals surface area (Å²) in [5.74, 6) is 0.688. The van der Waals surface area contributed by atoms with Gasteiger partial charge in [0.25, 0.3) is 0 Å². The number of hydrogen-bond acceptors (Lipinski definition) is 3. The van der Waals surface area contributed by atoms with E-state index in [1.54, 1.807) is 0 Å². The highest BCUT2D eigenvalue weighted by molar-refractivity contribution is 5.09. The summed E-state index contributed by atoms with van der Waals surface area (Å²) in [7, 11) is 0. The summed E-state index contributed by atoms with van der Waals surface area (Å²) in [4.78, 5) is 7.00. The van der Waals surface area contributed by atoms with Crippen molar-refractivity contribution in [2.75, 3.05) is 19.6 Å². The predicted octanol–water partition coefficient (Wildman–Crippen LogP) is 2.85. The number of rotatable bonds is 8. The van der Waals surface area contributed by atoms with Crippen LogP contribution in [-0.2, 0) is 6.54 Å². The average molecular weight is 263 g/mol. The van der Waals surface area contributed by atoms with Crippen LogP contribution in [-0.4, -0.2) is 35.6 Å². The van der Waals surface area contributed by atoms with E-state index in [9.17, 15) is 0 Å². The molecule has 3 heteroatoms. The zero-order valence-corrected chi connectivity index (χ0v) is 13.1. The van der Waals surface area contributed by atoms with Crippen LogP contribution in [0.15, 0.2) is 18.2 Å². The van der Waals surface area contributed by atoms with E-state index in [4.69, 9.17) is 0 Å². The molecule has 0 saturated heterocycles. The van der Waals surface area contributed by atoms with Gasteiger partial charge in [-0.25, -0.2) is 0 Å². The SMILES string of the molecule is CCN(CCNC(C)C(C)C)Cc1cccc(C)n1. The van der Waals surface area contributed by atoms with Gasteiger partial charge in [-0.2, -0.15) is 0 Å². The predicted molar refractivity (Wildman–Crippen MR) is 82.2 cm³/mol. The maximum absolute atomic E-state index is 4.57. The van der Waals surface area contributed by atoms with Crippen LogP contribution in [0.4, 0.5) is 0 Å². The zero-order valence-electron chi connectivity index (χ0n) is 13.1. The average Bonchev–Trinajstić information content (AvgIpc) is 2.37. The van der Waals surface area contributed by atoms with Gasteiger partial charge in [-0.1, -0.05) is 26.8 Å². The summed E-state index contributed by atoms with van der Waals surface area (Å²) in [6.45, 7) is 15.1. The van der Waals surface area contributed by atoms with E-state index >= 15 is 0 Å². The summed E-state index contributed by atoms with van der Waals surface area (Å²) >= 11 is 0. The van der Waals surface area contributed by atoms with Gasteiger partial charge in [0.15, 0.2) is 0 Å². The first-order chi connectivity index (χ1) is 9.02. The van der Waals surface area contributed by atoms with Crippen LogP contribution in [0.5, 0.6) is 0 Å². The fourth-order valence-electron chi connectivity index (χ4n) is 1.95. The second kappa shape index (κ2) is 8.28. The van der Waals surface area contributed by atoms with Crippen molar-refractivity contribution >= 4 is 0 Å². The van der Waals surface area contributed by atoms with Gasteiger partial charge in [-0.05, 0) is 38.4 Å². The third kappa shape index (κ3) is 6.17. The summed E-state index contributed by atoms with van der Waals surface area (Å²) in [6, 6.07) is 6.83. The van der Waals surface area contributed by atoms with Crippen molar-refractivity contribution in [3.05, 3.63) is 29.6 Å². The monoisotopic (exact) mass is 263 g/mol. The highest BCUT2D eigenvalue weighted by Crippen LogP contribution is 2.03. The van der Waals surface area contributed by atoms with Crippen LogP contribution in [0.25, 0.3) is 0 Å². The van der Waals surface area contributed by atoms with Crippen molar-refractivity contribution in [3.63, 3.8) is 0 Å². The van der Waals surface area contributed by atoms with Gasteiger partial charge in [-0.3, -0.25) is 9.88 Å². The number of aromatic nitrogens is 1. The van der Waals surface area contributed by atoms with E-state index in [2.05, 4.69) is 55.0 Å². The van der Waals surface area contributed by atoms with Gasteiger partial charge in [0.05, 0.1) is 5.69 Å². The third-order valence-corrected chi connectivity index (χ3v) is 3.67. The summed E-state index contributed by atoms with van der Waals surface area (Å²) in [6.07, 6.45) is 0. The van der Waals surface area contributed by atoms with Crippen LogP contribution in [0, 0.1) is 12.8 Å². The number of pyridine rings is 1. The standard InChI is InChI=1S/C16H29N3/c1-6-19(11-10-17-15(5)13(2)3)12-16-9-7-8-14(4)18-16/h7-9,13,15,17H,6,10-12H2,1-5H3. The Hall–Kier alpha value is -0.930. The minimum Gasteiger partial charge on any atom is -0.313 e. The molecule has 1 unspecified atom stereocenters. The molecule has 1 N–H and O–H groups in total. The zero-order chi connectivity index (χ0) is 14.3. The molecule has 1 aromatic heterocycles. The van der Waals surface area contributed by atoms with E-state index in [1.165, 1.54) is 5.69 Å². The quantitative estimate of drug-likeness (QED) is 0.781. The molecule has 0 saturated carbocycles. The number of nitrogens with one attached hydrogen (secondary N) is 1. The van der Waals surface area contributed by atoms with E-state index in [1.807, 2.05) is 13.0 Å². The molecule has 0 fully saturated rings. The Morgan fingerprint density at radius 2 is 2.00 bits per heavy atom. The second-order valence-corrected chi connectivity index (χ2v) is 5.63. The first-order valence-electron chi connectivity index (χ1n) is 7.41. The molecule has 1 heterocycles. The number of likely N-dealkylation sites (N-methyl/N-ethyl adjacent to an activating group) is 1. The summed E-state index contributed by atoms with van der Waals surface area (Å²) in [5.41, 5.74) is 2.26. The van der Waals surface area contributed by atoms with E-state index < -0.39 is 0 Å². The van der Waals surface area contributed by atoms with Crippen LogP contribution < -0.4 is 5.32 Å². The number of aryl methyl sites for hydroxylation is 1. The number of hydrogen-bond donors (Lipinski definition) is 1. The molecular weight excluding hydrogens is 234 g/mol. The van der Waals surface area contributed by atoms with Gasteiger partial charge in [0.1, 0.15) is 0 Å². The molecule has 0 spiro atoms. The highest BCUT2D eigenvalue weighted by Gasteiger charge is 2.08. The lowest BCUT2D eigenvalue weighted by atomic mass is 10.1. The maximum atomic E-state index is 4.57. The third-order valence-electron chi connectivity index (χ3n) is 3.67. The molecule has 19 heavy (non-hydrogen) atoms. The summed E-state index contributed by atoms with van der Waals surface area (Å²) < 4.78 is 0. The smallest absolute Gasteiger partial charge is 0.0547 e. The van der Waals surface area contributed by atoms with E-state index in [0.29, 0.717) is 12.0 Å². The molecule has 0 bridgehead atoms. The molecule has 1 atom stereocenters. The van der Waals surface area contributed by atoms with Crippen molar-refractivity contribution in [2.45, 2.75) is 47.2 Å². The van der Waals surface area contributed by atoms with Crippen LogP contribution in [0.3, 0.4) is 0 Å². The fraction of sp³-hybridized carbons (Fsp3) is 0.688. The van der Waals surface area contributed by atoms with E-state index in [0.717, 1.165) is 31.9 Å². The second-order valence-electron chi connectivity index (χ2n) is 5.63. The molecule has 0 amide bonds. The molecule has 1 rings (SSSR count). The molecule has 0 radical (unpaired) electrons. The Kier molecular flexibility index (Phi) is 7.03. The molecule has 0 aliphatic heterocycles. The first-order valence-corrected chi connectivity index (χ1v) is 7.41. The van der Waals surface area contributed by atoms with Crippen LogP contribution in [0.1, 0.15) is 39.1 Å². The topological polar surface area (TPSA) is 28.2 Å². The van der Waals surface area contributed by atoms with Crippen LogP contribution >= 0.6 is 0 Å². The Morgan fingerprint density at radius 3 is 2.58 bits per heavy atom.